The number of anilines is 1. The number of ether oxygens (including phenoxy) is 1. The summed E-state index contributed by atoms with van der Waals surface area (Å²) in [5.41, 5.74) is 7.83. The van der Waals surface area contributed by atoms with Gasteiger partial charge >= 0.3 is 0 Å². The second kappa shape index (κ2) is 8.92. The Morgan fingerprint density at radius 2 is 1.80 bits per heavy atom. The molecule has 1 aromatic heterocycles. The van der Waals surface area contributed by atoms with Crippen molar-refractivity contribution in [3.63, 3.8) is 0 Å². The minimum Gasteiger partial charge on any atom is -0.496 e. The number of hydrogen-bond acceptors (Lipinski definition) is 6. The number of nitrogen functional groups attached to an aromatic ring is 1. The SMILES string of the molecule is COc1ccccc1/C=C/C(=O)N1CCN(Cc2nc(N)c3ccccc3n2)CC1. The molecule has 30 heavy (non-hydrogen) atoms. The maximum absolute atomic E-state index is 12.6. The molecule has 3 aromatic rings. The summed E-state index contributed by atoms with van der Waals surface area (Å²) >= 11 is 0. The first kappa shape index (κ1) is 19.8. The van der Waals surface area contributed by atoms with Crippen LogP contribution in [0.2, 0.25) is 0 Å². The molecule has 0 unspecified atom stereocenters. The zero-order chi connectivity index (χ0) is 20.9. The Morgan fingerprint density at radius 3 is 2.60 bits per heavy atom. The molecule has 4 rings (SSSR count). The van der Waals surface area contributed by atoms with Crippen LogP contribution in [0.3, 0.4) is 0 Å². The van der Waals surface area contributed by atoms with Crippen molar-refractivity contribution < 1.29 is 9.53 Å². The molecule has 2 N–H and O–H groups in total. The summed E-state index contributed by atoms with van der Waals surface area (Å²) in [6.07, 6.45) is 3.42. The minimum absolute atomic E-state index is 0.00626. The van der Waals surface area contributed by atoms with Crippen LogP contribution in [0.4, 0.5) is 5.82 Å². The van der Waals surface area contributed by atoms with E-state index in [-0.39, 0.29) is 5.91 Å². The number of hydrogen-bond donors (Lipinski definition) is 1. The van der Waals surface area contributed by atoms with Crippen LogP contribution in [0.25, 0.3) is 17.0 Å². The van der Waals surface area contributed by atoms with Gasteiger partial charge in [0.15, 0.2) is 0 Å². The first-order chi connectivity index (χ1) is 14.6. The third-order valence-electron chi connectivity index (χ3n) is 5.27. The first-order valence-electron chi connectivity index (χ1n) is 9.97. The molecule has 0 atom stereocenters. The Balaban J connectivity index is 1.35. The van der Waals surface area contributed by atoms with Crippen LogP contribution >= 0.6 is 0 Å². The van der Waals surface area contributed by atoms with Gasteiger partial charge in [-0.2, -0.15) is 0 Å². The molecule has 154 valence electrons. The molecule has 1 aliphatic heterocycles. The predicted molar refractivity (Wildman–Crippen MR) is 118 cm³/mol. The summed E-state index contributed by atoms with van der Waals surface area (Å²) < 4.78 is 5.33. The average Bonchev–Trinajstić information content (AvgIpc) is 2.78. The number of nitrogens with zero attached hydrogens (tertiary/aromatic N) is 4. The van der Waals surface area contributed by atoms with E-state index in [0.29, 0.717) is 31.3 Å². The van der Waals surface area contributed by atoms with Crippen molar-refractivity contribution in [2.24, 2.45) is 0 Å². The Morgan fingerprint density at radius 1 is 1.07 bits per heavy atom. The fourth-order valence-electron chi connectivity index (χ4n) is 3.62. The summed E-state index contributed by atoms with van der Waals surface area (Å²) in [7, 11) is 1.63. The van der Waals surface area contributed by atoms with Crippen molar-refractivity contribution in [2.45, 2.75) is 6.54 Å². The Hall–Kier alpha value is -3.45. The van der Waals surface area contributed by atoms with Crippen molar-refractivity contribution in [1.29, 1.82) is 0 Å². The smallest absolute Gasteiger partial charge is 0.246 e. The number of methoxy groups -OCH3 is 1. The number of benzene rings is 2. The molecule has 1 fully saturated rings. The quantitative estimate of drug-likeness (QED) is 0.659. The predicted octanol–water partition coefficient (Wildman–Crippen LogP) is 2.58. The third kappa shape index (κ3) is 4.41. The molecule has 2 aromatic carbocycles. The van der Waals surface area contributed by atoms with Gasteiger partial charge in [0.1, 0.15) is 17.4 Å². The molecule has 1 amide bonds. The highest BCUT2D eigenvalue weighted by Crippen LogP contribution is 2.20. The fraction of sp³-hybridized carbons (Fsp3) is 0.261. The monoisotopic (exact) mass is 403 g/mol. The largest absolute Gasteiger partial charge is 0.496 e. The maximum atomic E-state index is 12.6. The molecule has 1 aliphatic rings. The second-order valence-corrected chi connectivity index (χ2v) is 7.22. The molecule has 0 aliphatic carbocycles. The van der Waals surface area contributed by atoms with Crippen molar-refractivity contribution >= 4 is 28.7 Å². The maximum Gasteiger partial charge on any atom is 0.246 e. The zero-order valence-electron chi connectivity index (χ0n) is 17.0. The van der Waals surface area contributed by atoms with Crippen LogP contribution in [0, 0.1) is 0 Å². The topological polar surface area (TPSA) is 84.6 Å². The second-order valence-electron chi connectivity index (χ2n) is 7.22. The van der Waals surface area contributed by atoms with Crippen LogP contribution in [0.1, 0.15) is 11.4 Å². The van der Waals surface area contributed by atoms with Gasteiger partial charge in [-0.3, -0.25) is 9.69 Å². The van der Waals surface area contributed by atoms with Gasteiger partial charge in [-0.05, 0) is 24.3 Å². The van der Waals surface area contributed by atoms with E-state index in [1.54, 1.807) is 19.3 Å². The van der Waals surface area contributed by atoms with E-state index < -0.39 is 0 Å². The van der Waals surface area contributed by atoms with E-state index in [4.69, 9.17) is 10.5 Å². The molecule has 7 heteroatoms. The standard InChI is InChI=1S/C23H25N5O2/c1-30-20-9-5-2-6-17(20)10-11-22(29)28-14-12-27(13-15-28)16-21-25-19-8-4-3-7-18(19)23(24)26-21/h2-11H,12-16H2,1H3,(H2,24,25,26)/b11-10+. The highest BCUT2D eigenvalue weighted by atomic mass is 16.5. The first-order valence-corrected chi connectivity index (χ1v) is 9.97. The van der Waals surface area contributed by atoms with E-state index in [1.165, 1.54) is 0 Å². The van der Waals surface area contributed by atoms with E-state index in [9.17, 15) is 4.79 Å². The van der Waals surface area contributed by atoms with Crippen molar-refractivity contribution in [3.8, 4) is 5.75 Å². The van der Waals surface area contributed by atoms with Gasteiger partial charge in [-0.15, -0.1) is 0 Å². The van der Waals surface area contributed by atoms with Crippen molar-refractivity contribution in [1.82, 2.24) is 19.8 Å². The number of nitrogens with two attached hydrogens (primary N) is 1. The third-order valence-corrected chi connectivity index (χ3v) is 5.27. The number of carbonyl (C=O) groups is 1. The molecule has 0 saturated carbocycles. The number of carbonyl (C=O) groups excluding carboxylic acids is 1. The number of amides is 1. The lowest BCUT2D eigenvalue weighted by atomic mass is 10.2. The lowest BCUT2D eigenvalue weighted by Gasteiger charge is -2.33. The number of para-hydroxylation sites is 2. The van der Waals surface area contributed by atoms with Gasteiger partial charge in [0.2, 0.25) is 5.91 Å². The number of piperazine rings is 1. The van der Waals surface area contributed by atoms with Crippen LogP contribution in [0.5, 0.6) is 5.75 Å². The number of aromatic nitrogens is 2. The normalized spacial score (nSPS) is 15.0. The fourth-order valence-corrected chi connectivity index (χ4v) is 3.62. The lowest BCUT2D eigenvalue weighted by Crippen LogP contribution is -2.48. The zero-order valence-corrected chi connectivity index (χ0v) is 17.0. The summed E-state index contributed by atoms with van der Waals surface area (Å²) in [5.74, 6) is 1.97. The van der Waals surface area contributed by atoms with E-state index >= 15 is 0 Å². The van der Waals surface area contributed by atoms with Gasteiger partial charge in [0, 0.05) is 43.2 Å². The molecule has 0 radical (unpaired) electrons. The Kier molecular flexibility index (Phi) is 5.90. The lowest BCUT2D eigenvalue weighted by molar-refractivity contribution is -0.127. The van der Waals surface area contributed by atoms with E-state index in [1.807, 2.05) is 53.4 Å². The molecule has 7 nitrogen and oxygen atoms in total. The van der Waals surface area contributed by atoms with Crippen molar-refractivity contribution in [2.75, 3.05) is 39.0 Å². The minimum atomic E-state index is 0.00626. The summed E-state index contributed by atoms with van der Waals surface area (Å²) in [6, 6.07) is 15.4. The molecule has 0 spiro atoms. The molecule has 2 heterocycles. The van der Waals surface area contributed by atoms with Gasteiger partial charge in [0.25, 0.3) is 0 Å². The van der Waals surface area contributed by atoms with Crippen LogP contribution < -0.4 is 10.5 Å². The average molecular weight is 403 g/mol. The van der Waals surface area contributed by atoms with E-state index in [0.717, 1.165) is 35.3 Å². The molecule has 1 saturated heterocycles. The molecule has 0 bridgehead atoms. The summed E-state index contributed by atoms with van der Waals surface area (Å²) in [6.45, 7) is 3.49. The molecular weight excluding hydrogens is 378 g/mol. The Bertz CT molecular complexity index is 1070. The van der Waals surface area contributed by atoms with Gasteiger partial charge in [-0.25, -0.2) is 9.97 Å². The van der Waals surface area contributed by atoms with Gasteiger partial charge in [-0.1, -0.05) is 30.3 Å². The number of rotatable bonds is 5. The highest BCUT2D eigenvalue weighted by Gasteiger charge is 2.20. The molecular formula is C23H25N5O2. The summed E-state index contributed by atoms with van der Waals surface area (Å²) in [5, 5.41) is 0.874. The van der Waals surface area contributed by atoms with Gasteiger partial charge < -0.3 is 15.4 Å². The van der Waals surface area contributed by atoms with Crippen LogP contribution in [-0.4, -0.2) is 59.0 Å². The van der Waals surface area contributed by atoms with Gasteiger partial charge in [0.05, 0.1) is 19.2 Å². The van der Waals surface area contributed by atoms with E-state index in [2.05, 4.69) is 14.9 Å². The van der Waals surface area contributed by atoms with Crippen LogP contribution in [-0.2, 0) is 11.3 Å². The number of fused-ring (bicyclic) bond motifs is 1. The van der Waals surface area contributed by atoms with Crippen LogP contribution in [0.15, 0.2) is 54.6 Å². The highest BCUT2D eigenvalue weighted by molar-refractivity contribution is 5.92. The van der Waals surface area contributed by atoms with Crippen molar-refractivity contribution in [3.05, 3.63) is 66.0 Å². The summed E-state index contributed by atoms with van der Waals surface area (Å²) in [4.78, 5) is 25.7. The Labute approximate surface area is 175 Å².